The van der Waals surface area contributed by atoms with Gasteiger partial charge in [0.25, 0.3) is 5.91 Å². The van der Waals surface area contributed by atoms with Gasteiger partial charge in [-0.3, -0.25) is 4.79 Å². The Labute approximate surface area is 161 Å². The van der Waals surface area contributed by atoms with Gasteiger partial charge in [-0.2, -0.15) is 0 Å². The highest BCUT2D eigenvalue weighted by molar-refractivity contribution is 6.32. The first-order valence-corrected chi connectivity index (χ1v) is 9.98. The van der Waals surface area contributed by atoms with Crippen molar-refractivity contribution in [1.29, 1.82) is 0 Å². The molecule has 0 aromatic heterocycles. The molecule has 1 aromatic carbocycles. The van der Waals surface area contributed by atoms with Crippen LogP contribution < -0.4 is 9.47 Å². The SMILES string of the molecule is CCCCOc1c(Cl)cc(C(=O)N(CC)CC2CCCO2)cc1OCC. The van der Waals surface area contributed by atoms with E-state index in [9.17, 15) is 4.79 Å². The molecular weight excluding hydrogens is 354 g/mol. The first kappa shape index (κ1) is 20.8. The predicted octanol–water partition coefficient (Wildman–Crippen LogP) is 4.56. The van der Waals surface area contributed by atoms with Crippen LogP contribution in [0.1, 0.15) is 56.8 Å². The fourth-order valence-electron chi connectivity index (χ4n) is 2.99. The number of hydrogen-bond acceptors (Lipinski definition) is 4. The molecule has 1 aliphatic rings. The Morgan fingerprint density at radius 2 is 2.12 bits per heavy atom. The summed E-state index contributed by atoms with van der Waals surface area (Å²) in [4.78, 5) is 14.8. The molecule has 5 nitrogen and oxygen atoms in total. The number of carbonyl (C=O) groups is 1. The fraction of sp³-hybridized carbons (Fsp3) is 0.650. The molecule has 0 radical (unpaired) electrons. The maximum Gasteiger partial charge on any atom is 0.254 e. The zero-order valence-corrected chi connectivity index (χ0v) is 16.8. The molecule has 146 valence electrons. The Hall–Kier alpha value is -1.46. The van der Waals surface area contributed by atoms with Gasteiger partial charge in [-0.1, -0.05) is 24.9 Å². The minimum atomic E-state index is -0.0639. The van der Waals surface area contributed by atoms with Crippen LogP contribution in [0, 0.1) is 0 Å². The molecule has 0 aliphatic carbocycles. The standard InChI is InChI=1S/C20H30ClNO4/c1-4-7-10-26-19-17(21)12-15(13-18(19)24-6-3)20(23)22(5-2)14-16-9-8-11-25-16/h12-13,16H,4-11,14H2,1-3H3. The summed E-state index contributed by atoms with van der Waals surface area (Å²) >= 11 is 6.41. The molecule has 1 saturated heterocycles. The smallest absolute Gasteiger partial charge is 0.254 e. The van der Waals surface area contributed by atoms with E-state index in [0.717, 1.165) is 32.3 Å². The molecule has 1 heterocycles. The van der Waals surface area contributed by atoms with E-state index >= 15 is 0 Å². The molecule has 1 aliphatic heterocycles. The van der Waals surface area contributed by atoms with Crippen molar-refractivity contribution >= 4 is 17.5 Å². The summed E-state index contributed by atoms with van der Waals surface area (Å²) in [6, 6.07) is 3.41. The topological polar surface area (TPSA) is 48.0 Å². The molecule has 0 spiro atoms. The molecule has 1 atom stereocenters. The molecule has 1 unspecified atom stereocenters. The lowest BCUT2D eigenvalue weighted by atomic mass is 10.1. The molecule has 2 rings (SSSR count). The normalized spacial score (nSPS) is 16.5. The van der Waals surface area contributed by atoms with Gasteiger partial charge in [-0.05, 0) is 45.2 Å². The Balaban J connectivity index is 2.19. The highest BCUT2D eigenvalue weighted by atomic mass is 35.5. The van der Waals surface area contributed by atoms with E-state index in [1.54, 1.807) is 17.0 Å². The lowest BCUT2D eigenvalue weighted by molar-refractivity contribution is 0.0539. The average molecular weight is 384 g/mol. The maximum atomic E-state index is 13.0. The van der Waals surface area contributed by atoms with Gasteiger partial charge in [0.2, 0.25) is 0 Å². The highest BCUT2D eigenvalue weighted by Crippen LogP contribution is 2.37. The summed E-state index contributed by atoms with van der Waals surface area (Å²) < 4.78 is 17.1. The molecule has 1 aromatic rings. The number of carbonyl (C=O) groups excluding carboxylic acids is 1. The van der Waals surface area contributed by atoms with Crippen molar-refractivity contribution in [2.24, 2.45) is 0 Å². The minimum absolute atomic E-state index is 0.0639. The zero-order valence-electron chi connectivity index (χ0n) is 16.1. The second-order valence-corrected chi connectivity index (χ2v) is 6.81. The van der Waals surface area contributed by atoms with E-state index in [-0.39, 0.29) is 12.0 Å². The molecular formula is C20H30ClNO4. The van der Waals surface area contributed by atoms with Gasteiger partial charge in [0, 0.05) is 25.3 Å². The number of amides is 1. The van der Waals surface area contributed by atoms with Gasteiger partial charge < -0.3 is 19.1 Å². The van der Waals surface area contributed by atoms with Crippen molar-refractivity contribution in [3.63, 3.8) is 0 Å². The van der Waals surface area contributed by atoms with Crippen LogP contribution in [0.3, 0.4) is 0 Å². The second kappa shape index (κ2) is 10.6. The number of nitrogens with zero attached hydrogens (tertiary/aromatic N) is 1. The largest absolute Gasteiger partial charge is 0.490 e. The van der Waals surface area contributed by atoms with Crippen LogP contribution in [0.4, 0.5) is 0 Å². The highest BCUT2D eigenvalue weighted by Gasteiger charge is 2.24. The van der Waals surface area contributed by atoms with Gasteiger partial charge >= 0.3 is 0 Å². The Kier molecular flexibility index (Phi) is 8.52. The minimum Gasteiger partial charge on any atom is -0.490 e. The Bertz CT molecular complexity index is 587. The Morgan fingerprint density at radius 1 is 1.31 bits per heavy atom. The van der Waals surface area contributed by atoms with Crippen molar-refractivity contribution in [2.75, 3.05) is 32.9 Å². The van der Waals surface area contributed by atoms with Crippen molar-refractivity contribution < 1.29 is 19.0 Å². The summed E-state index contributed by atoms with van der Waals surface area (Å²) in [5.74, 6) is 0.972. The number of ether oxygens (including phenoxy) is 3. The van der Waals surface area contributed by atoms with Gasteiger partial charge in [-0.25, -0.2) is 0 Å². The molecule has 1 fully saturated rings. The number of rotatable bonds is 10. The van der Waals surface area contributed by atoms with E-state index < -0.39 is 0 Å². The van der Waals surface area contributed by atoms with Crippen molar-refractivity contribution in [3.8, 4) is 11.5 Å². The van der Waals surface area contributed by atoms with Crippen LogP contribution in [-0.4, -0.2) is 49.8 Å². The summed E-state index contributed by atoms with van der Waals surface area (Å²) in [6.07, 6.45) is 4.15. The lowest BCUT2D eigenvalue weighted by Crippen LogP contribution is -2.37. The first-order valence-electron chi connectivity index (χ1n) is 9.60. The van der Waals surface area contributed by atoms with Crippen LogP contribution in [0.5, 0.6) is 11.5 Å². The molecule has 1 amide bonds. The molecule has 0 bridgehead atoms. The van der Waals surface area contributed by atoms with Crippen LogP contribution in [0.25, 0.3) is 0 Å². The number of halogens is 1. The molecule has 26 heavy (non-hydrogen) atoms. The number of benzene rings is 1. The van der Waals surface area contributed by atoms with Crippen LogP contribution in [-0.2, 0) is 4.74 Å². The third kappa shape index (κ3) is 5.52. The monoisotopic (exact) mass is 383 g/mol. The van der Waals surface area contributed by atoms with Gasteiger partial charge in [-0.15, -0.1) is 0 Å². The summed E-state index contributed by atoms with van der Waals surface area (Å²) in [5, 5.41) is 0.406. The van der Waals surface area contributed by atoms with E-state index in [1.807, 2.05) is 13.8 Å². The fourth-order valence-corrected chi connectivity index (χ4v) is 3.25. The summed E-state index contributed by atoms with van der Waals surface area (Å²) in [7, 11) is 0. The van der Waals surface area contributed by atoms with E-state index in [2.05, 4.69) is 6.92 Å². The maximum absolute atomic E-state index is 13.0. The van der Waals surface area contributed by atoms with Gasteiger partial charge in [0.1, 0.15) is 0 Å². The molecule has 0 saturated carbocycles. The number of likely N-dealkylation sites (N-methyl/N-ethyl adjacent to an activating group) is 1. The Morgan fingerprint density at radius 3 is 2.73 bits per heavy atom. The van der Waals surface area contributed by atoms with Crippen LogP contribution in [0.15, 0.2) is 12.1 Å². The third-order valence-electron chi connectivity index (χ3n) is 4.42. The van der Waals surface area contributed by atoms with Crippen LogP contribution >= 0.6 is 11.6 Å². The van der Waals surface area contributed by atoms with Crippen molar-refractivity contribution in [3.05, 3.63) is 22.7 Å². The van der Waals surface area contributed by atoms with Crippen molar-refractivity contribution in [2.45, 2.75) is 52.6 Å². The summed E-state index contributed by atoms with van der Waals surface area (Å²) in [5.41, 5.74) is 0.515. The number of hydrogen-bond donors (Lipinski definition) is 0. The van der Waals surface area contributed by atoms with Gasteiger partial charge in [0.15, 0.2) is 11.5 Å². The summed E-state index contributed by atoms with van der Waals surface area (Å²) in [6.45, 7) is 9.02. The predicted molar refractivity (Wildman–Crippen MR) is 104 cm³/mol. The van der Waals surface area contributed by atoms with E-state index in [1.165, 1.54) is 0 Å². The van der Waals surface area contributed by atoms with E-state index in [0.29, 0.717) is 48.4 Å². The molecule has 6 heteroatoms. The van der Waals surface area contributed by atoms with Crippen LogP contribution in [0.2, 0.25) is 5.02 Å². The first-order chi connectivity index (χ1) is 12.6. The second-order valence-electron chi connectivity index (χ2n) is 6.40. The van der Waals surface area contributed by atoms with Gasteiger partial charge in [0.05, 0.1) is 24.3 Å². The zero-order chi connectivity index (χ0) is 18.9. The van der Waals surface area contributed by atoms with Crippen molar-refractivity contribution in [1.82, 2.24) is 4.90 Å². The third-order valence-corrected chi connectivity index (χ3v) is 4.70. The van der Waals surface area contributed by atoms with E-state index in [4.69, 9.17) is 25.8 Å². The number of unbranched alkanes of at least 4 members (excludes halogenated alkanes) is 1. The average Bonchev–Trinajstić information content (AvgIpc) is 3.14. The quantitative estimate of drug-likeness (QED) is 0.556. The lowest BCUT2D eigenvalue weighted by Gasteiger charge is -2.24. The molecule has 0 N–H and O–H groups in total.